The van der Waals surface area contributed by atoms with Gasteiger partial charge < -0.3 is 10.1 Å². The summed E-state index contributed by atoms with van der Waals surface area (Å²) in [6.45, 7) is 5.59. The Hall–Kier alpha value is -2.62. The van der Waals surface area contributed by atoms with E-state index < -0.39 is 0 Å². The number of nitrogens with one attached hydrogen (secondary N) is 1. The molecule has 0 saturated heterocycles. The van der Waals surface area contributed by atoms with Gasteiger partial charge in [0.15, 0.2) is 6.61 Å². The molecule has 0 bridgehead atoms. The van der Waals surface area contributed by atoms with E-state index in [0.717, 1.165) is 17.7 Å². The van der Waals surface area contributed by atoms with Gasteiger partial charge in [0.05, 0.1) is 6.42 Å². The summed E-state index contributed by atoms with van der Waals surface area (Å²) >= 11 is 0. The van der Waals surface area contributed by atoms with E-state index in [1.807, 2.05) is 75.4 Å². The summed E-state index contributed by atoms with van der Waals surface area (Å²) in [5, 5.41) is 2.83. The minimum absolute atomic E-state index is 0.157. The normalized spacial score (nSPS) is 11.0. The molecule has 0 spiro atoms. The number of ether oxygens (including phenoxy) is 1. The highest BCUT2D eigenvalue weighted by atomic mass is 16.5. The first-order valence-electron chi connectivity index (χ1n) is 8.41. The molecule has 1 N–H and O–H groups in total. The number of hydrogen-bond acceptors (Lipinski definition) is 3. The third kappa shape index (κ3) is 6.79. The van der Waals surface area contributed by atoms with Crippen molar-refractivity contribution in [2.45, 2.75) is 33.6 Å². The molecule has 0 aliphatic heterocycles. The van der Waals surface area contributed by atoms with Crippen molar-refractivity contribution in [2.24, 2.45) is 5.41 Å². The van der Waals surface area contributed by atoms with E-state index in [4.69, 9.17) is 4.74 Å². The Balaban J connectivity index is 1.94. The summed E-state index contributed by atoms with van der Waals surface area (Å²) in [5.41, 5.74) is 2.77. The van der Waals surface area contributed by atoms with E-state index in [1.165, 1.54) is 5.56 Å². The smallest absolute Gasteiger partial charge is 0.306 e. The quantitative estimate of drug-likeness (QED) is 0.803. The van der Waals surface area contributed by atoms with Crippen molar-refractivity contribution in [1.82, 2.24) is 0 Å². The van der Waals surface area contributed by atoms with Gasteiger partial charge in [-0.2, -0.15) is 0 Å². The predicted octanol–water partition coefficient (Wildman–Crippen LogP) is 4.20. The molecule has 0 saturated carbocycles. The number of esters is 1. The van der Waals surface area contributed by atoms with E-state index >= 15 is 0 Å². The largest absolute Gasteiger partial charge is 0.456 e. The monoisotopic (exact) mass is 339 g/mol. The number of carbonyl (C=O) groups is 2. The molecular formula is C21H25NO3. The second-order valence-electron chi connectivity index (χ2n) is 7.27. The topological polar surface area (TPSA) is 55.4 Å². The van der Waals surface area contributed by atoms with Crippen molar-refractivity contribution in [3.05, 3.63) is 65.7 Å². The van der Waals surface area contributed by atoms with Crippen molar-refractivity contribution in [2.75, 3.05) is 11.9 Å². The van der Waals surface area contributed by atoms with Crippen molar-refractivity contribution in [1.29, 1.82) is 0 Å². The molecule has 0 unspecified atom stereocenters. The average Bonchev–Trinajstić information content (AvgIpc) is 2.54. The van der Waals surface area contributed by atoms with Crippen molar-refractivity contribution < 1.29 is 14.3 Å². The van der Waals surface area contributed by atoms with Gasteiger partial charge in [0.2, 0.25) is 0 Å². The van der Waals surface area contributed by atoms with Gasteiger partial charge in [0.1, 0.15) is 0 Å². The van der Waals surface area contributed by atoms with Crippen molar-refractivity contribution in [3.8, 4) is 0 Å². The summed E-state index contributed by atoms with van der Waals surface area (Å²) in [4.78, 5) is 23.8. The number of para-hydroxylation sites is 1. The molecule has 0 aromatic heterocycles. The van der Waals surface area contributed by atoms with Crippen LogP contribution in [0.3, 0.4) is 0 Å². The number of anilines is 1. The Morgan fingerprint density at radius 1 is 0.960 bits per heavy atom. The molecule has 2 rings (SSSR count). The Bertz CT molecular complexity index is 717. The van der Waals surface area contributed by atoms with Crippen LogP contribution < -0.4 is 5.32 Å². The molecule has 0 aliphatic rings. The molecular weight excluding hydrogens is 314 g/mol. The maximum absolute atomic E-state index is 12.1. The van der Waals surface area contributed by atoms with Crippen LogP contribution in [0.4, 0.5) is 5.69 Å². The highest BCUT2D eigenvalue weighted by molar-refractivity contribution is 5.93. The van der Waals surface area contributed by atoms with Gasteiger partial charge >= 0.3 is 5.97 Å². The Labute approximate surface area is 149 Å². The van der Waals surface area contributed by atoms with Crippen LogP contribution in [0, 0.1) is 5.41 Å². The van der Waals surface area contributed by atoms with E-state index in [9.17, 15) is 9.59 Å². The lowest BCUT2D eigenvalue weighted by molar-refractivity contribution is -0.149. The third-order valence-electron chi connectivity index (χ3n) is 3.57. The van der Waals surface area contributed by atoms with Gasteiger partial charge in [-0.1, -0.05) is 69.3 Å². The van der Waals surface area contributed by atoms with E-state index in [-0.39, 0.29) is 30.3 Å². The fourth-order valence-corrected chi connectivity index (χ4v) is 2.43. The molecule has 0 atom stereocenters. The van der Waals surface area contributed by atoms with Gasteiger partial charge in [-0.25, -0.2) is 0 Å². The average molecular weight is 339 g/mol. The van der Waals surface area contributed by atoms with Crippen LogP contribution in [0.1, 0.15) is 38.3 Å². The molecule has 2 aromatic carbocycles. The number of rotatable bonds is 6. The lowest BCUT2D eigenvalue weighted by Crippen LogP contribution is -2.23. The molecule has 2 aromatic rings. The predicted molar refractivity (Wildman–Crippen MR) is 99.4 cm³/mol. The van der Waals surface area contributed by atoms with E-state index in [0.29, 0.717) is 0 Å². The second-order valence-corrected chi connectivity index (χ2v) is 7.27. The molecule has 0 heterocycles. The Morgan fingerprint density at radius 3 is 2.28 bits per heavy atom. The SMILES string of the molecule is CC(C)(C)CC(=O)OCC(=O)Nc1ccccc1Cc1ccccc1. The number of benzene rings is 2. The van der Waals surface area contributed by atoms with Crippen molar-refractivity contribution in [3.63, 3.8) is 0 Å². The van der Waals surface area contributed by atoms with Crippen LogP contribution in [-0.2, 0) is 20.7 Å². The van der Waals surface area contributed by atoms with Crippen LogP contribution in [-0.4, -0.2) is 18.5 Å². The summed E-state index contributed by atoms with van der Waals surface area (Å²) in [6, 6.07) is 17.7. The number of hydrogen-bond donors (Lipinski definition) is 1. The van der Waals surface area contributed by atoms with Crippen LogP contribution in [0.25, 0.3) is 0 Å². The lowest BCUT2D eigenvalue weighted by Gasteiger charge is -2.16. The summed E-state index contributed by atoms with van der Waals surface area (Å²) in [5.74, 6) is -0.692. The molecule has 1 amide bonds. The Kier molecular flexibility index (Phi) is 6.34. The van der Waals surface area contributed by atoms with Gasteiger partial charge in [-0.05, 0) is 29.0 Å². The minimum Gasteiger partial charge on any atom is -0.456 e. The third-order valence-corrected chi connectivity index (χ3v) is 3.57. The molecule has 0 radical (unpaired) electrons. The maximum Gasteiger partial charge on any atom is 0.306 e. The minimum atomic E-state index is -0.361. The van der Waals surface area contributed by atoms with E-state index in [1.54, 1.807) is 0 Å². The van der Waals surface area contributed by atoms with Crippen LogP contribution >= 0.6 is 0 Å². The lowest BCUT2D eigenvalue weighted by atomic mass is 9.92. The molecule has 4 nitrogen and oxygen atoms in total. The number of amides is 1. The molecule has 4 heteroatoms. The zero-order chi connectivity index (χ0) is 18.3. The fraction of sp³-hybridized carbons (Fsp3) is 0.333. The van der Waals surface area contributed by atoms with E-state index in [2.05, 4.69) is 5.32 Å². The van der Waals surface area contributed by atoms with Gasteiger partial charge in [-0.3, -0.25) is 9.59 Å². The highest BCUT2D eigenvalue weighted by Gasteiger charge is 2.18. The van der Waals surface area contributed by atoms with Crippen molar-refractivity contribution >= 4 is 17.6 Å². The van der Waals surface area contributed by atoms with Crippen LogP contribution in [0.5, 0.6) is 0 Å². The summed E-state index contributed by atoms with van der Waals surface area (Å²) in [7, 11) is 0. The fourth-order valence-electron chi connectivity index (χ4n) is 2.43. The van der Waals surface area contributed by atoms with Crippen LogP contribution in [0.2, 0.25) is 0 Å². The van der Waals surface area contributed by atoms with Gasteiger partial charge in [0, 0.05) is 5.69 Å². The van der Waals surface area contributed by atoms with Gasteiger partial charge in [0.25, 0.3) is 5.91 Å². The maximum atomic E-state index is 12.1. The van der Waals surface area contributed by atoms with Crippen LogP contribution in [0.15, 0.2) is 54.6 Å². The first kappa shape index (κ1) is 18.7. The summed E-state index contributed by atoms with van der Waals surface area (Å²) in [6.07, 6.45) is 1.01. The highest BCUT2D eigenvalue weighted by Crippen LogP contribution is 2.20. The molecule has 0 fully saturated rings. The Morgan fingerprint density at radius 2 is 1.60 bits per heavy atom. The molecule has 132 valence electrons. The zero-order valence-corrected chi connectivity index (χ0v) is 15.0. The van der Waals surface area contributed by atoms with Gasteiger partial charge in [-0.15, -0.1) is 0 Å². The molecule has 25 heavy (non-hydrogen) atoms. The zero-order valence-electron chi connectivity index (χ0n) is 15.0. The second kappa shape index (κ2) is 8.47. The first-order chi connectivity index (χ1) is 11.8. The number of carbonyl (C=O) groups excluding carboxylic acids is 2. The summed E-state index contributed by atoms with van der Waals surface area (Å²) < 4.78 is 5.06. The standard InChI is InChI=1S/C21H25NO3/c1-21(2,3)14-20(24)25-15-19(23)22-18-12-8-7-11-17(18)13-16-9-5-4-6-10-16/h4-12H,13-15H2,1-3H3,(H,22,23). The first-order valence-corrected chi connectivity index (χ1v) is 8.41. The molecule has 0 aliphatic carbocycles.